The van der Waals surface area contributed by atoms with Crippen LogP contribution in [0.1, 0.15) is 12.2 Å². The molecule has 9 heteroatoms. The lowest BCUT2D eigenvalue weighted by molar-refractivity contribution is 0.00588. The highest BCUT2D eigenvalue weighted by atomic mass is 32.2. The van der Waals surface area contributed by atoms with Crippen molar-refractivity contribution < 1.29 is 22.6 Å². The molecule has 26 heavy (non-hydrogen) atoms. The summed E-state index contributed by atoms with van der Waals surface area (Å²) in [6.45, 7) is 2.44. The number of nitrogens with zero attached hydrogens (tertiary/aromatic N) is 2. The van der Waals surface area contributed by atoms with E-state index in [2.05, 4.69) is 9.71 Å². The summed E-state index contributed by atoms with van der Waals surface area (Å²) in [5.74, 6) is 2.31. The van der Waals surface area contributed by atoms with Gasteiger partial charge in [-0.3, -0.25) is 0 Å². The summed E-state index contributed by atoms with van der Waals surface area (Å²) in [6, 6.07) is 5.81. The van der Waals surface area contributed by atoms with Gasteiger partial charge in [-0.25, -0.2) is 18.1 Å². The zero-order valence-electron chi connectivity index (χ0n) is 14.5. The highest BCUT2D eigenvalue weighted by Gasteiger charge is 2.22. The van der Waals surface area contributed by atoms with Gasteiger partial charge < -0.3 is 18.8 Å². The Labute approximate surface area is 152 Å². The van der Waals surface area contributed by atoms with Crippen LogP contribution in [0.15, 0.2) is 24.4 Å². The van der Waals surface area contributed by atoms with Crippen LogP contribution >= 0.6 is 0 Å². The van der Waals surface area contributed by atoms with Gasteiger partial charge in [0.05, 0.1) is 37.8 Å². The fourth-order valence-electron chi connectivity index (χ4n) is 3.02. The first kappa shape index (κ1) is 17.3. The van der Waals surface area contributed by atoms with E-state index in [0.29, 0.717) is 26.4 Å². The van der Waals surface area contributed by atoms with Crippen molar-refractivity contribution in [3.05, 3.63) is 30.2 Å². The lowest BCUT2D eigenvalue weighted by Gasteiger charge is -2.24. The molecule has 2 aliphatic rings. The van der Waals surface area contributed by atoms with Crippen molar-refractivity contribution in [3.63, 3.8) is 0 Å². The maximum Gasteiger partial charge on any atom is 0.208 e. The van der Waals surface area contributed by atoms with E-state index >= 15 is 0 Å². The third-order valence-corrected chi connectivity index (χ3v) is 5.02. The van der Waals surface area contributed by atoms with Crippen molar-refractivity contribution in [2.24, 2.45) is 0 Å². The molecule has 2 aliphatic heterocycles. The maximum absolute atomic E-state index is 11.2. The Bertz CT molecular complexity index is 909. The van der Waals surface area contributed by atoms with Crippen LogP contribution in [0.4, 0.5) is 0 Å². The molecule has 0 unspecified atom stereocenters. The largest absolute Gasteiger partial charge is 0.490 e. The maximum atomic E-state index is 11.2. The van der Waals surface area contributed by atoms with Gasteiger partial charge >= 0.3 is 0 Å². The minimum absolute atomic E-state index is 0.219. The number of ether oxygens (including phenoxy) is 3. The minimum Gasteiger partial charge on any atom is -0.490 e. The number of fused-ring (bicyclic) bond motifs is 2. The van der Waals surface area contributed by atoms with Gasteiger partial charge in [0.15, 0.2) is 11.5 Å². The van der Waals surface area contributed by atoms with E-state index in [-0.39, 0.29) is 12.6 Å². The van der Waals surface area contributed by atoms with Gasteiger partial charge in [0.2, 0.25) is 10.0 Å². The number of hydrogen-bond acceptors (Lipinski definition) is 6. The van der Waals surface area contributed by atoms with Crippen molar-refractivity contribution in [3.8, 4) is 22.8 Å². The molecule has 2 aromatic rings. The molecule has 0 saturated heterocycles. The van der Waals surface area contributed by atoms with Gasteiger partial charge in [-0.2, -0.15) is 0 Å². The molecule has 0 fully saturated rings. The van der Waals surface area contributed by atoms with E-state index in [9.17, 15) is 8.42 Å². The molecule has 4 rings (SSSR count). The third-order valence-electron chi connectivity index (χ3n) is 4.32. The summed E-state index contributed by atoms with van der Waals surface area (Å²) in [5.41, 5.74) is 1.78. The molecular formula is C17H21N3O5S. The molecular weight excluding hydrogens is 358 g/mol. The molecule has 1 N–H and O–H groups in total. The summed E-state index contributed by atoms with van der Waals surface area (Å²) >= 11 is 0. The Hall–Kier alpha value is -2.10. The second-order valence-electron chi connectivity index (χ2n) is 6.46. The molecule has 8 nitrogen and oxygen atoms in total. The molecule has 0 aliphatic carbocycles. The van der Waals surface area contributed by atoms with Crippen LogP contribution in [0, 0.1) is 0 Å². The summed E-state index contributed by atoms with van der Waals surface area (Å²) in [7, 11) is -3.23. The number of nitrogens with one attached hydrogen (secondary N) is 1. The van der Waals surface area contributed by atoms with E-state index in [4.69, 9.17) is 14.2 Å². The number of imidazole rings is 1. The first-order chi connectivity index (χ1) is 12.5. The van der Waals surface area contributed by atoms with E-state index in [1.54, 1.807) is 0 Å². The number of benzene rings is 1. The first-order valence-corrected chi connectivity index (χ1v) is 10.4. The zero-order chi connectivity index (χ0) is 18.1. The van der Waals surface area contributed by atoms with Gasteiger partial charge in [-0.05, 0) is 18.2 Å². The number of hydrogen-bond donors (Lipinski definition) is 1. The Morgan fingerprint density at radius 2 is 2.08 bits per heavy atom. The van der Waals surface area contributed by atoms with Gasteiger partial charge in [-0.1, -0.05) is 0 Å². The number of sulfonamides is 1. The molecule has 140 valence electrons. The van der Waals surface area contributed by atoms with Crippen molar-refractivity contribution in [1.29, 1.82) is 0 Å². The summed E-state index contributed by atoms with van der Waals surface area (Å²) in [6.07, 6.45) is 3.75. The van der Waals surface area contributed by atoms with E-state index in [0.717, 1.165) is 41.3 Å². The van der Waals surface area contributed by atoms with E-state index < -0.39 is 10.0 Å². The summed E-state index contributed by atoms with van der Waals surface area (Å²) in [5, 5.41) is 0. The molecule has 0 amide bonds. The molecule has 3 heterocycles. The summed E-state index contributed by atoms with van der Waals surface area (Å²) in [4.78, 5) is 4.64. The molecule has 0 saturated carbocycles. The number of rotatable bonds is 4. The lowest BCUT2D eigenvalue weighted by atomic mass is 10.1. The van der Waals surface area contributed by atoms with Crippen LogP contribution in [0.3, 0.4) is 0 Å². The van der Waals surface area contributed by atoms with Gasteiger partial charge in [-0.15, -0.1) is 0 Å². The quantitative estimate of drug-likeness (QED) is 0.857. The zero-order valence-corrected chi connectivity index (χ0v) is 15.3. The smallest absolute Gasteiger partial charge is 0.208 e. The summed E-state index contributed by atoms with van der Waals surface area (Å²) < 4.78 is 44.1. The van der Waals surface area contributed by atoms with E-state index in [1.165, 1.54) is 0 Å². The van der Waals surface area contributed by atoms with Gasteiger partial charge in [0, 0.05) is 24.7 Å². The molecule has 1 aromatic heterocycles. The molecule has 1 atom stereocenters. The molecule has 0 radical (unpaired) electrons. The SMILES string of the molecule is CS(=O)(=O)NC[C@H]1Cn2cc(-c3ccc4c(c3)OCCCO4)nc2CO1. The average molecular weight is 379 g/mol. The second-order valence-corrected chi connectivity index (χ2v) is 8.29. The Morgan fingerprint density at radius 1 is 1.27 bits per heavy atom. The number of aromatic nitrogens is 2. The van der Waals surface area contributed by atoms with Crippen LogP contribution in [0.2, 0.25) is 0 Å². The van der Waals surface area contributed by atoms with Crippen molar-refractivity contribution in [2.75, 3.05) is 26.0 Å². The van der Waals surface area contributed by atoms with Crippen LogP contribution in [0.5, 0.6) is 11.5 Å². The minimum atomic E-state index is -3.23. The van der Waals surface area contributed by atoms with E-state index in [1.807, 2.05) is 29.0 Å². The normalized spacial score (nSPS) is 19.7. The molecule has 0 spiro atoms. The Kier molecular flexibility index (Phi) is 4.60. The fraction of sp³-hybridized carbons (Fsp3) is 0.471. The van der Waals surface area contributed by atoms with Crippen LogP contribution < -0.4 is 14.2 Å². The fourth-order valence-corrected chi connectivity index (χ4v) is 3.51. The van der Waals surface area contributed by atoms with Crippen molar-refractivity contribution in [2.45, 2.75) is 25.7 Å². The second kappa shape index (κ2) is 6.90. The molecule has 1 aromatic carbocycles. The molecule has 0 bridgehead atoms. The monoisotopic (exact) mass is 379 g/mol. The third kappa shape index (κ3) is 3.84. The van der Waals surface area contributed by atoms with Crippen molar-refractivity contribution >= 4 is 10.0 Å². The Balaban J connectivity index is 1.52. The highest BCUT2D eigenvalue weighted by molar-refractivity contribution is 7.88. The van der Waals surface area contributed by atoms with Crippen LogP contribution in [-0.2, 0) is 27.9 Å². The van der Waals surface area contributed by atoms with Crippen LogP contribution in [0.25, 0.3) is 11.3 Å². The van der Waals surface area contributed by atoms with Gasteiger partial charge in [0.1, 0.15) is 12.4 Å². The van der Waals surface area contributed by atoms with Gasteiger partial charge in [0.25, 0.3) is 0 Å². The average Bonchev–Trinajstić information content (AvgIpc) is 2.89. The standard InChI is InChI=1S/C17H21N3O5S/c1-26(21,22)18-8-13-9-20-10-14(19-17(20)11-25-13)12-3-4-15-16(7-12)24-6-2-5-23-15/h3-4,7,10,13,18H,2,5-6,8-9,11H2,1H3/t13-/m0/s1. The Morgan fingerprint density at radius 3 is 2.88 bits per heavy atom. The highest BCUT2D eigenvalue weighted by Crippen LogP contribution is 2.34. The lowest BCUT2D eigenvalue weighted by Crippen LogP contribution is -2.38. The predicted molar refractivity (Wildman–Crippen MR) is 94.7 cm³/mol. The topological polar surface area (TPSA) is 91.7 Å². The van der Waals surface area contributed by atoms with Crippen LogP contribution in [-0.4, -0.2) is 50.1 Å². The first-order valence-electron chi connectivity index (χ1n) is 8.50. The predicted octanol–water partition coefficient (Wildman–Crippen LogP) is 1.16. The van der Waals surface area contributed by atoms with Crippen molar-refractivity contribution in [1.82, 2.24) is 14.3 Å².